The summed E-state index contributed by atoms with van der Waals surface area (Å²) in [6, 6.07) is 4.10. The third kappa shape index (κ3) is 3.96. The molecule has 0 radical (unpaired) electrons. The van der Waals surface area contributed by atoms with Crippen LogP contribution >= 0.6 is 11.8 Å². The Hall–Kier alpha value is -2.92. The summed E-state index contributed by atoms with van der Waals surface area (Å²) < 4.78 is 34.3. The number of nitrogens with two attached hydrogens (primary N) is 1. The van der Waals surface area contributed by atoms with Crippen molar-refractivity contribution in [1.82, 2.24) is 9.97 Å². The fourth-order valence-corrected chi connectivity index (χ4v) is 4.82. The van der Waals surface area contributed by atoms with Gasteiger partial charge in [0.15, 0.2) is 17.6 Å². The zero-order valence-corrected chi connectivity index (χ0v) is 16.4. The van der Waals surface area contributed by atoms with Gasteiger partial charge in [-0.2, -0.15) is 0 Å². The van der Waals surface area contributed by atoms with Gasteiger partial charge in [0, 0.05) is 16.7 Å². The van der Waals surface area contributed by atoms with Crippen molar-refractivity contribution < 1.29 is 13.5 Å². The molecule has 5 nitrogen and oxygen atoms in total. The van der Waals surface area contributed by atoms with Crippen molar-refractivity contribution in [3.63, 3.8) is 0 Å². The number of aromatic nitrogens is 2. The van der Waals surface area contributed by atoms with E-state index in [1.54, 1.807) is 17.8 Å². The maximum absolute atomic E-state index is 14.6. The SMILES string of the molecule is C#CCOc1cnc(/C(F)=C/c2ccc(F)c(C3N=C(N)SC4C(C)C34)c2)cn1. The topological polar surface area (TPSA) is 73.4 Å². The molecular formula is C21H18F2N4OS. The van der Waals surface area contributed by atoms with E-state index in [2.05, 4.69) is 27.8 Å². The zero-order valence-electron chi connectivity index (χ0n) is 15.5. The van der Waals surface area contributed by atoms with Crippen LogP contribution < -0.4 is 10.5 Å². The number of benzene rings is 1. The second kappa shape index (κ2) is 7.84. The highest BCUT2D eigenvalue weighted by atomic mass is 32.2. The summed E-state index contributed by atoms with van der Waals surface area (Å²) in [6.45, 7) is 2.16. The summed E-state index contributed by atoms with van der Waals surface area (Å²) in [4.78, 5) is 12.4. The minimum absolute atomic E-state index is 0.0381. The first kappa shape index (κ1) is 19.4. The molecule has 8 heteroatoms. The molecule has 148 valence electrons. The van der Waals surface area contributed by atoms with Gasteiger partial charge >= 0.3 is 0 Å². The molecule has 29 heavy (non-hydrogen) atoms. The molecule has 0 bridgehead atoms. The summed E-state index contributed by atoms with van der Waals surface area (Å²) in [5, 5.41) is 0.827. The van der Waals surface area contributed by atoms with Crippen molar-refractivity contribution in [3.8, 4) is 18.2 Å². The molecule has 0 saturated heterocycles. The van der Waals surface area contributed by atoms with E-state index in [-0.39, 0.29) is 36.0 Å². The van der Waals surface area contributed by atoms with Gasteiger partial charge in [0.25, 0.3) is 0 Å². The number of hydrogen-bond donors (Lipinski definition) is 1. The van der Waals surface area contributed by atoms with E-state index in [4.69, 9.17) is 16.9 Å². The van der Waals surface area contributed by atoms with Gasteiger partial charge in [-0.1, -0.05) is 30.7 Å². The minimum atomic E-state index is -0.599. The van der Waals surface area contributed by atoms with E-state index in [0.717, 1.165) is 0 Å². The fraction of sp³-hybridized carbons (Fsp3) is 0.286. The summed E-state index contributed by atoms with van der Waals surface area (Å²) in [7, 11) is 0. The number of ether oxygens (including phenoxy) is 1. The van der Waals surface area contributed by atoms with E-state index >= 15 is 0 Å². The summed E-state index contributed by atoms with van der Waals surface area (Å²) in [6.07, 6.45) is 8.94. The number of thioether (sulfide) groups is 1. The number of rotatable bonds is 5. The first-order valence-electron chi connectivity index (χ1n) is 9.03. The van der Waals surface area contributed by atoms with Crippen LogP contribution in [-0.4, -0.2) is 27.0 Å². The maximum Gasteiger partial charge on any atom is 0.233 e. The highest BCUT2D eigenvalue weighted by Gasteiger charge is 2.55. The zero-order chi connectivity index (χ0) is 20.5. The highest BCUT2D eigenvalue weighted by molar-refractivity contribution is 8.14. The lowest BCUT2D eigenvalue weighted by atomic mass is 9.98. The molecule has 1 aliphatic carbocycles. The van der Waals surface area contributed by atoms with Gasteiger partial charge < -0.3 is 10.5 Å². The van der Waals surface area contributed by atoms with E-state index in [1.807, 2.05) is 0 Å². The number of nitrogens with zero attached hydrogens (tertiary/aromatic N) is 3. The lowest BCUT2D eigenvalue weighted by molar-refractivity contribution is 0.353. The van der Waals surface area contributed by atoms with Gasteiger partial charge in [-0.05, 0) is 29.7 Å². The Balaban J connectivity index is 1.59. The van der Waals surface area contributed by atoms with Gasteiger partial charge in [0.2, 0.25) is 5.88 Å². The molecule has 1 aliphatic heterocycles. The monoisotopic (exact) mass is 412 g/mol. The van der Waals surface area contributed by atoms with Crippen LogP contribution in [0.4, 0.5) is 8.78 Å². The molecule has 2 N–H and O–H groups in total. The predicted molar refractivity (Wildman–Crippen MR) is 110 cm³/mol. The molecule has 2 aromatic rings. The van der Waals surface area contributed by atoms with Gasteiger partial charge in [0.05, 0.1) is 18.4 Å². The molecule has 0 amide bonds. The molecule has 1 fully saturated rings. The molecule has 1 saturated carbocycles. The second-order valence-electron chi connectivity index (χ2n) is 6.94. The number of aliphatic imine (C=N–C) groups is 1. The predicted octanol–water partition coefficient (Wildman–Crippen LogP) is 3.83. The van der Waals surface area contributed by atoms with Gasteiger partial charge in [-0.25, -0.2) is 18.7 Å². The standard InChI is InChI=1S/C21H18F2N4OS/c1-3-6-28-17-10-25-16(9-26-17)15(23)8-12-4-5-14(22)13(7-12)19-18-11(2)20(18)29-21(24)27-19/h1,4-5,7-11,18-20H,6H2,2H3,(H2,24,27)/b15-8-. The number of fused-ring (bicyclic) bond motifs is 1. The molecule has 1 aromatic carbocycles. The largest absolute Gasteiger partial charge is 0.463 e. The molecule has 1 aromatic heterocycles. The van der Waals surface area contributed by atoms with Crippen LogP contribution in [0.5, 0.6) is 5.88 Å². The third-order valence-electron chi connectivity index (χ3n) is 5.06. The minimum Gasteiger partial charge on any atom is -0.463 e. The van der Waals surface area contributed by atoms with Crippen LogP contribution in [-0.2, 0) is 0 Å². The summed E-state index contributed by atoms with van der Waals surface area (Å²) in [5.74, 6) is 2.21. The number of hydrogen-bond acceptors (Lipinski definition) is 6. The quantitative estimate of drug-likeness (QED) is 0.756. The number of terminal acetylenes is 1. The van der Waals surface area contributed by atoms with Gasteiger partial charge in [0.1, 0.15) is 11.5 Å². The van der Waals surface area contributed by atoms with Crippen molar-refractivity contribution in [2.75, 3.05) is 6.61 Å². The molecule has 0 spiro atoms. The molecular weight excluding hydrogens is 394 g/mol. The number of amidine groups is 1. The van der Waals surface area contributed by atoms with Crippen LogP contribution in [0.2, 0.25) is 0 Å². The van der Waals surface area contributed by atoms with Gasteiger partial charge in [-0.15, -0.1) is 6.42 Å². The van der Waals surface area contributed by atoms with Crippen LogP contribution in [0, 0.1) is 30.0 Å². The Morgan fingerprint density at radius 3 is 2.93 bits per heavy atom. The summed E-state index contributed by atoms with van der Waals surface area (Å²) >= 11 is 1.54. The molecule has 4 rings (SSSR count). The third-order valence-corrected chi connectivity index (χ3v) is 6.42. The van der Waals surface area contributed by atoms with Gasteiger partial charge in [-0.3, -0.25) is 4.99 Å². The molecule has 2 aliphatic rings. The average molecular weight is 412 g/mol. The normalized spacial score (nSPS) is 25.6. The van der Waals surface area contributed by atoms with Crippen LogP contribution in [0.25, 0.3) is 11.9 Å². The van der Waals surface area contributed by atoms with Crippen molar-refractivity contribution in [1.29, 1.82) is 0 Å². The van der Waals surface area contributed by atoms with Crippen LogP contribution in [0.15, 0.2) is 35.6 Å². The van der Waals surface area contributed by atoms with E-state index in [9.17, 15) is 8.78 Å². The Morgan fingerprint density at radius 2 is 2.21 bits per heavy atom. The second-order valence-corrected chi connectivity index (χ2v) is 8.14. The van der Waals surface area contributed by atoms with E-state index in [1.165, 1.54) is 30.6 Å². The van der Waals surface area contributed by atoms with Crippen LogP contribution in [0.3, 0.4) is 0 Å². The Morgan fingerprint density at radius 1 is 1.38 bits per heavy atom. The van der Waals surface area contributed by atoms with Crippen LogP contribution in [0.1, 0.15) is 29.8 Å². The molecule has 4 atom stereocenters. The lowest BCUT2D eigenvalue weighted by Crippen LogP contribution is -2.17. The Labute approximate surface area is 171 Å². The van der Waals surface area contributed by atoms with Crippen molar-refractivity contribution in [2.45, 2.75) is 18.2 Å². The van der Waals surface area contributed by atoms with Crippen molar-refractivity contribution >= 4 is 28.8 Å². The first-order chi connectivity index (χ1) is 14.0. The highest BCUT2D eigenvalue weighted by Crippen LogP contribution is 2.58. The Kier molecular flexibility index (Phi) is 5.24. The van der Waals surface area contributed by atoms with E-state index in [0.29, 0.717) is 27.5 Å². The number of halogens is 2. The lowest BCUT2D eigenvalue weighted by Gasteiger charge is -2.19. The summed E-state index contributed by atoms with van der Waals surface area (Å²) in [5.41, 5.74) is 6.88. The maximum atomic E-state index is 14.6. The molecule has 4 unspecified atom stereocenters. The molecule has 2 heterocycles. The smallest absolute Gasteiger partial charge is 0.233 e. The fourth-order valence-electron chi connectivity index (χ4n) is 3.51. The Bertz CT molecular complexity index is 1030. The van der Waals surface area contributed by atoms with E-state index < -0.39 is 5.83 Å². The first-order valence-corrected chi connectivity index (χ1v) is 9.91. The van der Waals surface area contributed by atoms with Crippen molar-refractivity contribution in [2.24, 2.45) is 22.6 Å². The average Bonchev–Trinajstić information content (AvgIpc) is 3.37. The van der Waals surface area contributed by atoms with Crippen molar-refractivity contribution in [3.05, 3.63) is 53.2 Å².